The minimum absolute atomic E-state index is 0.00381. The lowest BCUT2D eigenvalue weighted by Crippen LogP contribution is -2.55. The maximum absolute atomic E-state index is 14.0. The lowest BCUT2D eigenvalue weighted by molar-refractivity contribution is -0.140. The van der Waals surface area contributed by atoms with Crippen LogP contribution in [0.25, 0.3) is 11.0 Å². The van der Waals surface area contributed by atoms with Crippen molar-refractivity contribution in [1.82, 2.24) is 20.2 Å². The Morgan fingerprint density at radius 1 is 1.17 bits per heavy atom. The zero-order chi connectivity index (χ0) is 29.9. The first-order chi connectivity index (χ1) is 19.3. The second-order valence-electron chi connectivity index (χ2n) is 10.8. The molecule has 3 aromatic rings. The van der Waals surface area contributed by atoms with Crippen LogP contribution in [0.2, 0.25) is 0 Å². The van der Waals surface area contributed by atoms with E-state index in [-0.39, 0.29) is 18.3 Å². The Labute approximate surface area is 239 Å². The van der Waals surface area contributed by atoms with Crippen LogP contribution in [0.3, 0.4) is 0 Å². The number of carboxylic acids is 1. The number of imidazole rings is 1. The number of benzene rings is 2. The molecule has 1 aromatic heterocycles. The molecule has 2 aromatic carbocycles. The summed E-state index contributed by atoms with van der Waals surface area (Å²) in [6.07, 6.45) is 3.64. The van der Waals surface area contributed by atoms with Gasteiger partial charge in [-0.25, -0.2) is 18.2 Å². The van der Waals surface area contributed by atoms with Crippen molar-refractivity contribution in [3.63, 3.8) is 0 Å². The maximum Gasteiger partial charge on any atom is 0.336 e. The number of amides is 1. The number of rotatable bonds is 11. The van der Waals surface area contributed by atoms with Gasteiger partial charge in [0.15, 0.2) is 9.84 Å². The van der Waals surface area contributed by atoms with Gasteiger partial charge in [0.2, 0.25) is 11.3 Å². The molecule has 13 heteroatoms. The van der Waals surface area contributed by atoms with Gasteiger partial charge in [0.25, 0.3) is 0 Å². The van der Waals surface area contributed by atoms with Gasteiger partial charge in [-0.2, -0.15) is 0 Å². The number of aromatic nitrogens is 2. The van der Waals surface area contributed by atoms with E-state index in [1.807, 2.05) is 31.2 Å². The highest BCUT2D eigenvalue weighted by Gasteiger charge is 2.42. The number of carbonyl (C=O) groups is 2. The first kappa shape index (κ1) is 30.0. The predicted molar refractivity (Wildman–Crippen MR) is 158 cm³/mol. The Morgan fingerprint density at radius 2 is 1.83 bits per heavy atom. The monoisotopic (exact) mass is 583 g/mol. The van der Waals surface area contributed by atoms with Gasteiger partial charge >= 0.3 is 5.97 Å². The SMILES string of the molecule is Cc1c(C(C)(CNC(C(=O)O)S(C)(=O)=O)C(=O)N2CCCCC2)ccc2[nH]c(CNc3ccc(C(=N)N)cc3)nc12. The van der Waals surface area contributed by atoms with Crippen molar-refractivity contribution >= 4 is 44.3 Å². The first-order valence-electron chi connectivity index (χ1n) is 13.4. The van der Waals surface area contributed by atoms with Gasteiger partial charge in [0, 0.05) is 37.1 Å². The second-order valence-corrected chi connectivity index (χ2v) is 12.9. The lowest BCUT2D eigenvalue weighted by atomic mass is 9.78. The molecule has 1 fully saturated rings. The Kier molecular flexibility index (Phi) is 8.69. The molecule has 41 heavy (non-hydrogen) atoms. The fourth-order valence-electron chi connectivity index (χ4n) is 5.35. The molecule has 220 valence electrons. The van der Waals surface area contributed by atoms with Gasteiger partial charge in [-0.15, -0.1) is 0 Å². The fourth-order valence-corrected chi connectivity index (χ4v) is 6.10. The molecule has 4 rings (SSSR count). The summed E-state index contributed by atoms with van der Waals surface area (Å²) in [5.74, 6) is -1.04. The molecule has 0 aliphatic carbocycles. The van der Waals surface area contributed by atoms with Gasteiger partial charge in [-0.3, -0.25) is 15.5 Å². The number of anilines is 1. The highest BCUT2D eigenvalue weighted by molar-refractivity contribution is 7.92. The minimum Gasteiger partial charge on any atom is -0.479 e. The molecule has 0 radical (unpaired) electrons. The summed E-state index contributed by atoms with van der Waals surface area (Å²) < 4.78 is 24.4. The number of aliphatic carboxylic acids is 1. The van der Waals surface area contributed by atoms with E-state index in [0.29, 0.717) is 42.1 Å². The molecule has 1 amide bonds. The van der Waals surface area contributed by atoms with E-state index in [0.717, 1.165) is 42.3 Å². The molecule has 12 nitrogen and oxygen atoms in total. The van der Waals surface area contributed by atoms with Crippen LogP contribution >= 0.6 is 0 Å². The lowest BCUT2D eigenvalue weighted by Gasteiger charge is -2.38. The molecular formula is C28H37N7O5S. The summed E-state index contributed by atoms with van der Waals surface area (Å²) in [6, 6.07) is 10.8. The van der Waals surface area contributed by atoms with Crippen molar-refractivity contribution < 1.29 is 23.1 Å². The van der Waals surface area contributed by atoms with Gasteiger partial charge in [0.1, 0.15) is 11.7 Å². The van der Waals surface area contributed by atoms with Crippen molar-refractivity contribution in [2.24, 2.45) is 5.73 Å². The van der Waals surface area contributed by atoms with Crippen LogP contribution < -0.4 is 16.4 Å². The number of H-pyrrole nitrogens is 1. The van der Waals surface area contributed by atoms with Crippen LogP contribution in [-0.4, -0.2) is 77.4 Å². The molecule has 2 unspecified atom stereocenters. The molecule has 7 N–H and O–H groups in total. The summed E-state index contributed by atoms with van der Waals surface area (Å²) in [4.78, 5) is 35.6. The van der Waals surface area contributed by atoms with Gasteiger partial charge in [0.05, 0.1) is 23.0 Å². The fraction of sp³-hybridized carbons (Fsp3) is 0.429. The number of amidine groups is 1. The average Bonchev–Trinajstić information content (AvgIpc) is 3.35. The number of aromatic amines is 1. The zero-order valence-electron chi connectivity index (χ0n) is 23.5. The molecule has 2 heterocycles. The van der Waals surface area contributed by atoms with E-state index in [4.69, 9.17) is 16.1 Å². The summed E-state index contributed by atoms with van der Waals surface area (Å²) >= 11 is 0. The standard InChI is InChI=1S/C28H37N7O5S/c1-17-20(11-12-21-23(17)34-22(33-21)15-31-19-9-7-18(8-10-19)24(29)30)28(2,27(38)35-13-5-4-6-14-35)16-32-25(26(36)37)41(3,39)40/h7-12,25,31-32H,4-6,13-16H2,1-3H3,(H3,29,30)(H,33,34)(H,36,37). The van der Waals surface area contributed by atoms with E-state index in [1.54, 1.807) is 24.0 Å². The number of nitrogen functional groups attached to an aromatic ring is 1. The maximum atomic E-state index is 14.0. The third-order valence-corrected chi connectivity index (χ3v) is 8.84. The summed E-state index contributed by atoms with van der Waals surface area (Å²) in [5.41, 5.74) is 8.58. The number of sulfone groups is 1. The largest absolute Gasteiger partial charge is 0.479 e. The number of nitrogens with zero attached hydrogens (tertiary/aromatic N) is 2. The number of hydrogen-bond acceptors (Lipinski definition) is 8. The summed E-state index contributed by atoms with van der Waals surface area (Å²) in [6.45, 7) is 4.98. The van der Waals surface area contributed by atoms with Crippen molar-refractivity contribution in [3.05, 3.63) is 58.9 Å². The van der Waals surface area contributed by atoms with Gasteiger partial charge in [-0.05, 0) is 74.6 Å². The smallest absolute Gasteiger partial charge is 0.336 e. The van der Waals surface area contributed by atoms with Crippen LogP contribution in [0, 0.1) is 12.3 Å². The van der Waals surface area contributed by atoms with Gasteiger partial charge in [-0.1, -0.05) is 6.07 Å². The number of carboxylic acid groups (broad SMARTS) is 1. The normalized spacial score (nSPS) is 16.2. The number of carbonyl (C=O) groups excluding carboxylic acids is 1. The number of nitrogens with two attached hydrogens (primary N) is 1. The first-order valence-corrected chi connectivity index (χ1v) is 15.4. The average molecular weight is 584 g/mol. The molecule has 1 aliphatic heterocycles. The van der Waals surface area contributed by atoms with E-state index >= 15 is 0 Å². The molecule has 0 saturated carbocycles. The summed E-state index contributed by atoms with van der Waals surface area (Å²) in [5, 5.41) is 21.2. The number of hydrogen-bond donors (Lipinski definition) is 6. The van der Waals surface area contributed by atoms with E-state index in [1.165, 1.54) is 0 Å². The quantitative estimate of drug-likeness (QED) is 0.145. The van der Waals surface area contributed by atoms with Crippen molar-refractivity contribution in [2.75, 3.05) is 31.2 Å². The highest BCUT2D eigenvalue weighted by Crippen LogP contribution is 2.33. The predicted octanol–water partition coefficient (Wildman–Crippen LogP) is 2.08. The van der Waals surface area contributed by atoms with E-state index in [9.17, 15) is 23.1 Å². The Hall–Kier alpha value is -3.97. The molecule has 2 atom stereocenters. The topological polar surface area (TPSA) is 194 Å². The van der Waals surface area contributed by atoms with Crippen LogP contribution in [0.1, 0.15) is 48.7 Å². The van der Waals surface area contributed by atoms with Crippen LogP contribution in [0.4, 0.5) is 5.69 Å². The van der Waals surface area contributed by atoms with Crippen LogP contribution in [0.5, 0.6) is 0 Å². The number of aryl methyl sites for hydroxylation is 1. The molecular weight excluding hydrogens is 546 g/mol. The Bertz CT molecular complexity index is 1560. The van der Waals surface area contributed by atoms with Crippen LogP contribution in [-0.2, 0) is 31.4 Å². The molecule has 0 bridgehead atoms. The van der Waals surface area contributed by atoms with Crippen molar-refractivity contribution in [2.45, 2.75) is 50.4 Å². The van der Waals surface area contributed by atoms with Crippen LogP contribution in [0.15, 0.2) is 36.4 Å². The van der Waals surface area contributed by atoms with Crippen molar-refractivity contribution in [3.8, 4) is 0 Å². The second kappa shape index (κ2) is 11.9. The third-order valence-electron chi connectivity index (χ3n) is 7.62. The Balaban J connectivity index is 1.65. The van der Waals surface area contributed by atoms with Gasteiger partial charge < -0.3 is 26.0 Å². The Morgan fingerprint density at radius 3 is 2.41 bits per heavy atom. The van der Waals surface area contributed by atoms with E-state index < -0.39 is 26.6 Å². The number of likely N-dealkylation sites (tertiary alicyclic amines) is 1. The number of nitrogens with one attached hydrogen (secondary N) is 4. The zero-order valence-corrected chi connectivity index (χ0v) is 24.3. The molecule has 0 spiro atoms. The third kappa shape index (κ3) is 6.51. The molecule has 1 saturated heterocycles. The van der Waals surface area contributed by atoms with E-state index in [2.05, 4.69) is 15.6 Å². The molecule has 1 aliphatic rings. The minimum atomic E-state index is -3.97. The number of piperidine rings is 1. The number of fused-ring (bicyclic) bond motifs is 1. The van der Waals surface area contributed by atoms with Crippen molar-refractivity contribution in [1.29, 1.82) is 5.41 Å². The summed E-state index contributed by atoms with van der Waals surface area (Å²) in [7, 11) is -3.97. The highest BCUT2D eigenvalue weighted by atomic mass is 32.2.